The number of ether oxygens (including phenoxy) is 1. The Bertz CT molecular complexity index is 1440. The molecule has 4 aromatic rings. The molecule has 1 amide bonds. The molecule has 2 aliphatic rings. The molecule has 1 saturated heterocycles. The van der Waals surface area contributed by atoms with Crippen LogP contribution in [0.1, 0.15) is 72.2 Å². The number of carbonyl (C=O) groups is 1. The molecule has 0 spiro atoms. The average molecular weight is 519 g/mol. The number of carbonyl (C=O) groups excluding carboxylic acids is 1. The lowest BCUT2D eigenvalue weighted by atomic mass is 9.85. The largest absolute Gasteiger partial charge is 0.496 e. The fourth-order valence-electron chi connectivity index (χ4n) is 6.17. The summed E-state index contributed by atoms with van der Waals surface area (Å²) in [5.74, 6) is 1.36. The van der Waals surface area contributed by atoms with Crippen LogP contribution in [0.2, 0.25) is 0 Å². The molecule has 2 fully saturated rings. The molecular formula is C27H31FN8O2. The predicted molar refractivity (Wildman–Crippen MR) is 137 cm³/mol. The Labute approximate surface area is 219 Å². The van der Waals surface area contributed by atoms with Crippen LogP contribution < -0.4 is 4.74 Å². The zero-order valence-electron chi connectivity index (χ0n) is 21.6. The molecule has 10 nitrogen and oxygen atoms in total. The van der Waals surface area contributed by atoms with E-state index in [0.29, 0.717) is 17.9 Å². The number of hydrazine groups is 1. The van der Waals surface area contributed by atoms with E-state index >= 15 is 0 Å². The molecule has 1 atom stereocenters. The smallest absolute Gasteiger partial charge is 0.272 e. The van der Waals surface area contributed by atoms with Crippen LogP contribution in [0, 0.1) is 5.82 Å². The molecular weight excluding hydrogens is 487 g/mol. The summed E-state index contributed by atoms with van der Waals surface area (Å²) >= 11 is 0. The van der Waals surface area contributed by atoms with Gasteiger partial charge >= 0.3 is 0 Å². The third-order valence-electron chi connectivity index (χ3n) is 7.98. The number of fused-ring (bicyclic) bond motifs is 1. The number of amides is 1. The zero-order chi connectivity index (χ0) is 26.2. The summed E-state index contributed by atoms with van der Waals surface area (Å²) in [4.78, 5) is 14.4. The van der Waals surface area contributed by atoms with Crippen LogP contribution in [-0.4, -0.2) is 65.4 Å². The van der Waals surface area contributed by atoms with Gasteiger partial charge in [0, 0.05) is 37.3 Å². The first-order valence-corrected chi connectivity index (χ1v) is 13.1. The SMILES string of the molecule is COc1ccc(F)cc1[C@H]1CCCN1N(C(=O)c1cnn2ccccc12)[C@H]1CC[C@H](c2nnnn2C)CC1. The van der Waals surface area contributed by atoms with Crippen LogP contribution in [-0.2, 0) is 7.05 Å². The number of hydrogen-bond donors (Lipinski definition) is 0. The second-order valence-electron chi connectivity index (χ2n) is 10.1. The lowest BCUT2D eigenvalue weighted by Crippen LogP contribution is -2.52. The minimum absolute atomic E-state index is 0.0150. The molecule has 198 valence electrons. The van der Waals surface area contributed by atoms with Crippen molar-refractivity contribution < 1.29 is 13.9 Å². The van der Waals surface area contributed by atoms with Crippen molar-refractivity contribution in [2.75, 3.05) is 13.7 Å². The van der Waals surface area contributed by atoms with E-state index in [-0.39, 0.29) is 29.7 Å². The highest BCUT2D eigenvalue weighted by Gasteiger charge is 2.41. The Kier molecular flexibility index (Phi) is 6.52. The number of halogens is 1. The van der Waals surface area contributed by atoms with Crippen LogP contribution in [0.25, 0.3) is 5.52 Å². The monoisotopic (exact) mass is 518 g/mol. The van der Waals surface area contributed by atoms with Crippen LogP contribution in [0.15, 0.2) is 48.8 Å². The Morgan fingerprint density at radius 2 is 1.97 bits per heavy atom. The summed E-state index contributed by atoms with van der Waals surface area (Å²) in [5.41, 5.74) is 2.09. The third kappa shape index (κ3) is 4.30. The van der Waals surface area contributed by atoms with Crippen molar-refractivity contribution in [1.82, 2.24) is 39.8 Å². The molecule has 11 heteroatoms. The molecule has 0 bridgehead atoms. The van der Waals surface area contributed by atoms with Gasteiger partial charge in [-0.05, 0) is 79.3 Å². The minimum atomic E-state index is -0.314. The second kappa shape index (κ2) is 10.1. The number of methoxy groups -OCH3 is 1. The van der Waals surface area contributed by atoms with E-state index in [1.165, 1.54) is 12.1 Å². The molecule has 1 aliphatic carbocycles. The number of rotatable bonds is 6. The van der Waals surface area contributed by atoms with Crippen molar-refractivity contribution in [2.45, 2.75) is 56.5 Å². The average Bonchev–Trinajstić information content (AvgIpc) is 3.69. The number of aryl methyl sites for hydroxylation is 1. The molecule has 0 radical (unpaired) electrons. The van der Waals surface area contributed by atoms with Gasteiger partial charge < -0.3 is 4.74 Å². The topological polar surface area (TPSA) is 93.7 Å². The van der Waals surface area contributed by atoms with Gasteiger partial charge in [-0.15, -0.1) is 5.10 Å². The van der Waals surface area contributed by atoms with E-state index < -0.39 is 0 Å². The van der Waals surface area contributed by atoms with Crippen LogP contribution >= 0.6 is 0 Å². The van der Waals surface area contributed by atoms with Gasteiger partial charge in [0.25, 0.3) is 5.91 Å². The van der Waals surface area contributed by atoms with Gasteiger partial charge in [-0.1, -0.05) is 6.07 Å². The second-order valence-corrected chi connectivity index (χ2v) is 10.1. The van der Waals surface area contributed by atoms with Crippen molar-refractivity contribution in [3.63, 3.8) is 0 Å². The maximum atomic E-state index is 14.4. The first kappa shape index (κ1) is 24.5. The van der Waals surface area contributed by atoms with E-state index in [9.17, 15) is 9.18 Å². The standard InChI is InChI=1S/C27H31FN8O2/c1-33-26(30-31-32-33)18-8-11-20(12-9-18)36(27(37)22-17-29-34-14-4-3-6-23(22)34)35-15-5-7-24(35)21-16-19(28)10-13-25(21)38-2/h3-4,6,10,13-14,16-18,20,24H,5,7-9,11-12,15H2,1-2H3/t18-,20-,24-/m1/s1. The van der Waals surface area contributed by atoms with E-state index in [1.807, 2.05) is 36.5 Å². The lowest BCUT2D eigenvalue weighted by molar-refractivity contribution is -0.0558. The highest BCUT2D eigenvalue weighted by atomic mass is 19.1. The summed E-state index contributed by atoms with van der Waals surface area (Å²) in [6.07, 6.45) is 8.56. The van der Waals surface area contributed by atoms with Gasteiger partial charge in [-0.3, -0.25) is 9.80 Å². The number of aromatic nitrogens is 6. The van der Waals surface area contributed by atoms with Gasteiger partial charge in [0.15, 0.2) is 5.82 Å². The van der Waals surface area contributed by atoms with Gasteiger partial charge in [0.2, 0.25) is 0 Å². The molecule has 0 N–H and O–H groups in total. The first-order chi connectivity index (χ1) is 18.5. The molecule has 6 rings (SSSR count). The molecule has 0 unspecified atom stereocenters. The van der Waals surface area contributed by atoms with Gasteiger partial charge in [0.1, 0.15) is 11.6 Å². The molecule has 4 heterocycles. The highest BCUT2D eigenvalue weighted by molar-refractivity contribution is 6.00. The molecule has 1 saturated carbocycles. The Balaban J connectivity index is 1.36. The van der Waals surface area contributed by atoms with E-state index in [4.69, 9.17) is 4.74 Å². The summed E-state index contributed by atoms with van der Waals surface area (Å²) in [5, 5.41) is 20.5. The molecule has 38 heavy (non-hydrogen) atoms. The first-order valence-electron chi connectivity index (χ1n) is 13.1. The van der Waals surface area contributed by atoms with Crippen molar-refractivity contribution in [1.29, 1.82) is 0 Å². The van der Waals surface area contributed by atoms with E-state index in [2.05, 4.69) is 25.6 Å². The van der Waals surface area contributed by atoms with E-state index in [0.717, 1.165) is 55.4 Å². The highest BCUT2D eigenvalue weighted by Crippen LogP contribution is 2.42. The molecule has 1 aromatic carbocycles. The maximum absolute atomic E-state index is 14.4. The quantitative estimate of drug-likeness (QED) is 0.382. The fraction of sp³-hybridized carbons (Fsp3) is 0.444. The van der Waals surface area contributed by atoms with Gasteiger partial charge in [-0.2, -0.15) is 5.10 Å². The number of tetrazole rings is 1. The predicted octanol–water partition coefficient (Wildman–Crippen LogP) is 3.93. The van der Waals surface area contributed by atoms with Crippen LogP contribution in [0.5, 0.6) is 5.75 Å². The summed E-state index contributed by atoms with van der Waals surface area (Å²) in [6, 6.07) is 10.1. The lowest BCUT2D eigenvalue weighted by Gasteiger charge is -2.44. The number of benzene rings is 1. The minimum Gasteiger partial charge on any atom is -0.496 e. The zero-order valence-corrected chi connectivity index (χ0v) is 21.6. The Morgan fingerprint density at radius 1 is 1.13 bits per heavy atom. The van der Waals surface area contributed by atoms with Crippen molar-refractivity contribution >= 4 is 11.4 Å². The van der Waals surface area contributed by atoms with E-state index in [1.54, 1.807) is 28.6 Å². The van der Waals surface area contributed by atoms with Crippen molar-refractivity contribution in [3.8, 4) is 5.75 Å². The van der Waals surface area contributed by atoms with Gasteiger partial charge in [0.05, 0.1) is 30.4 Å². The van der Waals surface area contributed by atoms with Crippen LogP contribution in [0.4, 0.5) is 4.39 Å². The number of pyridine rings is 1. The number of hydrogen-bond acceptors (Lipinski definition) is 7. The van der Waals surface area contributed by atoms with Crippen molar-refractivity contribution in [2.24, 2.45) is 7.05 Å². The number of nitrogens with zero attached hydrogens (tertiary/aromatic N) is 8. The van der Waals surface area contributed by atoms with Crippen molar-refractivity contribution in [3.05, 3.63) is 71.6 Å². The molecule has 3 aromatic heterocycles. The van der Waals surface area contributed by atoms with Crippen LogP contribution in [0.3, 0.4) is 0 Å². The maximum Gasteiger partial charge on any atom is 0.272 e. The third-order valence-corrected chi connectivity index (χ3v) is 7.98. The molecule has 1 aliphatic heterocycles. The normalized spacial score (nSPS) is 22.1. The summed E-state index contributed by atoms with van der Waals surface area (Å²) in [7, 11) is 3.46. The Hall–Kier alpha value is -3.86. The summed E-state index contributed by atoms with van der Waals surface area (Å²) < 4.78 is 23.5. The van der Waals surface area contributed by atoms with Gasteiger partial charge in [-0.25, -0.2) is 18.6 Å². The summed E-state index contributed by atoms with van der Waals surface area (Å²) in [6.45, 7) is 0.697. The Morgan fingerprint density at radius 3 is 2.74 bits per heavy atom. The fourth-order valence-corrected chi connectivity index (χ4v) is 6.17.